The van der Waals surface area contributed by atoms with Crippen LogP contribution in [0, 0.1) is 15.9 Å². The molecule has 0 heterocycles. The standard InChI is InChI=1S/C9H12FN3O2/c10-9-7(6-12-5-4-11)2-1-3-8(9)13(14)15/h1-3,12H,4-6,11H2. The molecule has 3 N–H and O–H groups in total. The molecule has 1 aromatic carbocycles. The van der Waals surface area contributed by atoms with Crippen molar-refractivity contribution in [3.63, 3.8) is 0 Å². The summed E-state index contributed by atoms with van der Waals surface area (Å²) in [4.78, 5) is 9.69. The first-order chi connectivity index (χ1) is 7.16. The van der Waals surface area contributed by atoms with Gasteiger partial charge in [-0.2, -0.15) is 4.39 Å². The molecular weight excluding hydrogens is 201 g/mol. The Kier molecular flexibility index (Phi) is 4.14. The number of rotatable bonds is 5. The second-order valence-corrected chi connectivity index (χ2v) is 2.97. The van der Waals surface area contributed by atoms with E-state index in [1.807, 2.05) is 0 Å². The fourth-order valence-electron chi connectivity index (χ4n) is 1.17. The Morgan fingerprint density at radius 1 is 1.53 bits per heavy atom. The third-order valence-electron chi connectivity index (χ3n) is 1.89. The molecule has 0 radical (unpaired) electrons. The quantitative estimate of drug-likeness (QED) is 0.430. The van der Waals surface area contributed by atoms with Gasteiger partial charge in [-0.15, -0.1) is 0 Å². The molecule has 0 bridgehead atoms. The van der Waals surface area contributed by atoms with Crippen LogP contribution in [0.4, 0.5) is 10.1 Å². The van der Waals surface area contributed by atoms with Crippen LogP contribution in [0.25, 0.3) is 0 Å². The molecule has 0 saturated carbocycles. The van der Waals surface area contributed by atoms with E-state index in [0.717, 1.165) is 6.07 Å². The number of hydrogen-bond donors (Lipinski definition) is 2. The number of hydrogen-bond acceptors (Lipinski definition) is 4. The van der Waals surface area contributed by atoms with Gasteiger partial charge < -0.3 is 11.1 Å². The van der Waals surface area contributed by atoms with E-state index in [1.165, 1.54) is 12.1 Å². The third-order valence-corrected chi connectivity index (χ3v) is 1.89. The van der Waals surface area contributed by atoms with Crippen LogP contribution in [0.2, 0.25) is 0 Å². The molecule has 0 fully saturated rings. The molecule has 0 amide bonds. The minimum atomic E-state index is -0.785. The molecule has 0 aliphatic carbocycles. The first-order valence-electron chi connectivity index (χ1n) is 4.49. The summed E-state index contributed by atoms with van der Waals surface area (Å²) in [5.74, 6) is -0.785. The van der Waals surface area contributed by atoms with Crippen LogP contribution in [-0.2, 0) is 6.54 Å². The fourth-order valence-corrected chi connectivity index (χ4v) is 1.17. The zero-order valence-electron chi connectivity index (χ0n) is 8.07. The van der Waals surface area contributed by atoms with Crippen LogP contribution in [0.5, 0.6) is 0 Å². The molecule has 0 atom stereocenters. The van der Waals surface area contributed by atoms with Crippen LogP contribution in [0.15, 0.2) is 18.2 Å². The maximum absolute atomic E-state index is 13.4. The monoisotopic (exact) mass is 213 g/mol. The van der Waals surface area contributed by atoms with Crippen molar-refractivity contribution >= 4 is 5.69 Å². The largest absolute Gasteiger partial charge is 0.329 e. The van der Waals surface area contributed by atoms with Crippen LogP contribution < -0.4 is 11.1 Å². The minimum Gasteiger partial charge on any atom is -0.329 e. The molecule has 1 aromatic rings. The normalized spacial score (nSPS) is 10.3. The Hall–Kier alpha value is -1.53. The SMILES string of the molecule is NCCNCc1cccc([N+](=O)[O-])c1F. The van der Waals surface area contributed by atoms with Crippen LogP contribution in [-0.4, -0.2) is 18.0 Å². The Balaban J connectivity index is 2.80. The topological polar surface area (TPSA) is 81.2 Å². The molecule has 82 valence electrons. The number of nitrogens with zero attached hydrogens (tertiary/aromatic N) is 1. The predicted molar refractivity (Wildman–Crippen MR) is 53.8 cm³/mol. The van der Waals surface area contributed by atoms with Crippen LogP contribution in [0.1, 0.15) is 5.56 Å². The molecule has 1 rings (SSSR count). The van der Waals surface area contributed by atoms with Crippen molar-refractivity contribution in [3.8, 4) is 0 Å². The van der Waals surface area contributed by atoms with Gasteiger partial charge in [-0.1, -0.05) is 12.1 Å². The molecule has 15 heavy (non-hydrogen) atoms. The van der Waals surface area contributed by atoms with Gasteiger partial charge in [-0.25, -0.2) is 0 Å². The average molecular weight is 213 g/mol. The zero-order valence-corrected chi connectivity index (χ0v) is 8.07. The van der Waals surface area contributed by atoms with Gasteiger partial charge in [0, 0.05) is 31.3 Å². The molecule has 0 aliphatic rings. The summed E-state index contributed by atoms with van der Waals surface area (Å²) < 4.78 is 13.4. The number of benzene rings is 1. The molecule has 0 unspecified atom stereocenters. The number of halogens is 1. The highest BCUT2D eigenvalue weighted by molar-refractivity contribution is 5.36. The smallest absolute Gasteiger partial charge is 0.305 e. The van der Waals surface area contributed by atoms with Gasteiger partial charge in [0.1, 0.15) is 0 Å². The van der Waals surface area contributed by atoms with Crippen molar-refractivity contribution in [2.75, 3.05) is 13.1 Å². The van der Waals surface area contributed by atoms with E-state index < -0.39 is 16.4 Å². The second-order valence-electron chi connectivity index (χ2n) is 2.97. The van der Waals surface area contributed by atoms with Crippen molar-refractivity contribution in [2.24, 2.45) is 5.73 Å². The summed E-state index contributed by atoms with van der Waals surface area (Å²) in [7, 11) is 0. The highest BCUT2D eigenvalue weighted by Gasteiger charge is 2.16. The Morgan fingerprint density at radius 2 is 2.27 bits per heavy atom. The Bertz CT molecular complexity index is 357. The lowest BCUT2D eigenvalue weighted by Crippen LogP contribution is -2.22. The summed E-state index contributed by atoms with van der Waals surface area (Å²) in [5, 5.41) is 13.3. The number of nitrogens with one attached hydrogen (secondary N) is 1. The van der Waals surface area contributed by atoms with E-state index in [0.29, 0.717) is 13.1 Å². The van der Waals surface area contributed by atoms with Crippen molar-refractivity contribution in [2.45, 2.75) is 6.54 Å². The Morgan fingerprint density at radius 3 is 2.87 bits per heavy atom. The molecule has 0 aliphatic heterocycles. The lowest BCUT2D eigenvalue weighted by molar-refractivity contribution is -0.387. The summed E-state index contributed by atoms with van der Waals surface area (Å²) in [6.07, 6.45) is 0. The van der Waals surface area contributed by atoms with Gasteiger partial charge >= 0.3 is 5.69 Å². The number of nitrogens with two attached hydrogens (primary N) is 1. The van der Waals surface area contributed by atoms with Crippen molar-refractivity contribution in [1.82, 2.24) is 5.32 Å². The summed E-state index contributed by atoms with van der Waals surface area (Å²) in [6.45, 7) is 1.23. The minimum absolute atomic E-state index is 0.241. The number of nitro benzene ring substituents is 1. The van der Waals surface area contributed by atoms with E-state index in [1.54, 1.807) is 0 Å². The zero-order chi connectivity index (χ0) is 11.3. The van der Waals surface area contributed by atoms with Gasteiger partial charge in [-0.05, 0) is 0 Å². The Labute approximate surface area is 86.2 Å². The highest BCUT2D eigenvalue weighted by Crippen LogP contribution is 2.19. The van der Waals surface area contributed by atoms with E-state index in [-0.39, 0.29) is 12.1 Å². The summed E-state index contributed by atoms with van der Waals surface area (Å²) in [6, 6.07) is 4.11. The van der Waals surface area contributed by atoms with E-state index >= 15 is 0 Å². The van der Waals surface area contributed by atoms with Crippen molar-refractivity contribution in [3.05, 3.63) is 39.7 Å². The van der Waals surface area contributed by atoms with Gasteiger partial charge in [0.2, 0.25) is 5.82 Å². The fraction of sp³-hybridized carbons (Fsp3) is 0.333. The van der Waals surface area contributed by atoms with Gasteiger partial charge in [-0.3, -0.25) is 10.1 Å². The lowest BCUT2D eigenvalue weighted by atomic mass is 10.2. The first-order valence-corrected chi connectivity index (χ1v) is 4.49. The van der Waals surface area contributed by atoms with E-state index in [9.17, 15) is 14.5 Å². The molecule has 5 nitrogen and oxygen atoms in total. The first kappa shape index (κ1) is 11.5. The maximum Gasteiger partial charge on any atom is 0.305 e. The van der Waals surface area contributed by atoms with Gasteiger partial charge in [0.15, 0.2) is 0 Å². The second kappa shape index (κ2) is 5.38. The molecule has 6 heteroatoms. The molecule has 0 saturated heterocycles. The molecule has 0 spiro atoms. The van der Waals surface area contributed by atoms with Gasteiger partial charge in [0.05, 0.1) is 4.92 Å². The summed E-state index contributed by atoms with van der Waals surface area (Å²) >= 11 is 0. The third kappa shape index (κ3) is 2.97. The van der Waals surface area contributed by atoms with Crippen molar-refractivity contribution in [1.29, 1.82) is 0 Å². The predicted octanol–water partition coefficient (Wildman–Crippen LogP) is 0.782. The van der Waals surface area contributed by atoms with E-state index in [2.05, 4.69) is 5.32 Å². The van der Waals surface area contributed by atoms with E-state index in [4.69, 9.17) is 5.73 Å². The highest BCUT2D eigenvalue weighted by atomic mass is 19.1. The van der Waals surface area contributed by atoms with Crippen LogP contribution >= 0.6 is 0 Å². The average Bonchev–Trinajstić information content (AvgIpc) is 2.20. The number of nitro groups is 1. The molecular formula is C9H12FN3O2. The summed E-state index contributed by atoms with van der Waals surface area (Å²) in [5.41, 5.74) is 5.02. The maximum atomic E-state index is 13.4. The van der Waals surface area contributed by atoms with Gasteiger partial charge in [0.25, 0.3) is 0 Å². The molecule has 0 aromatic heterocycles. The van der Waals surface area contributed by atoms with Crippen molar-refractivity contribution < 1.29 is 9.31 Å². The lowest BCUT2D eigenvalue weighted by Gasteiger charge is -2.04. The van der Waals surface area contributed by atoms with Crippen LogP contribution in [0.3, 0.4) is 0 Å².